The normalized spacial score (nSPS) is 13.4. The van der Waals surface area contributed by atoms with Gasteiger partial charge in [-0.3, -0.25) is 0 Å². The van der Waals surface area contributed by atoms with E-state index in [4.69, 9.17) is 5.73 Å². The number of hydrogen-bond acceptors (Lipinski definition) is 2. The predicted octanol–water partition coefficient (Wildman–Crippen LogP) is 1.22. The van der Waals surface area contributed by atoms with Gasteiger partial charge in [0.2, 0.25) is 0 Å². The molecule has 0 bridgehead atoms. The number of nitrogens with two attached hydrogens (primary N) is 1. The molecule has 0 unspecified atom stereocenters. The summed E-state index contributed by atoms with van der Waals surface area (Å²) in [5.74, 6) is 0. The van der Waals surface area contributed by atoms with Crippen LogP contribution in [0.5, 0.6) is 0 Å². The summed E-state index contributed by atoms with van der Waals surface area (Å²) < 4.78 is 2.01. The Morgan fingerprint density at radius 3 is 3.08 bits per heavy atom. The molecule has 0 saturated carbocycles. The van der Waals surface area contributed by atoms with Gasteiger partial charge < -0.3 is 10.1 Å². The molecule has 0 aliphatic rings. The predicted molar refractivity (Wildman–Crippen MR) is 52.5 cm³/mol. The highest BCUT2D eigenvalue weighted by Gasteiger charge is 2.02. The molecular formula is C10H13N3. The minimum Gasteiger partial charge on any atom is -0.328 e. The van der Waals surface area contributed by atoms with Crippen molar-refractivity contribution in [1.82, 2.24) is 9.38 Å². The van der Waals surface area contributed by atoms with Crippen LogP contribution in [0.3, 0.4) is 0 Å². The second-order valence-corrected chi connectivity index (χ2v) is 3.38. The van der Waals surface area contributed by atoms with Gasteiger partial charge in [-0.2, -0.15) is 0 Å². The Hall–Kier alpha value is -1.35. The van der Waals surface area contributed by atoms with E-state index < -0.39 is 0 Å². The molecule has 2 rings (SSSR count). The standard InChI is InChI=1S/C10H13N3/c1-8(11)6-9-7-13-5-3-2-4-10(13)12-9/h2-5,7-8H,6,11H2,1H3/t8-/m1/s1. The monoisotopic (exact) mass is 175 g/mol. The first-order valence-electron chi connectivity index (χ1n) is 4.44. The van der Waals surface area contributed by atoms with Crippen molar-refractivity contribution in [2.24, 2.45) is 5.73 Å². The maximum absolute atomic E-state index is 5.70. The summed E-state index contributed by atoms with van der Waals surface area (Å²) in [7, 11) is 0. The summed E-state index contributed by atoms with van der Waals surface area (Å²) in [5, 5.41) is 0. The van der Waals surface area contributed by atoms with Crippen molar-refractivity contribution in [3.05, 3.63) is 36.3 Å². The largest absolute Gasteiger partial charge is 0.328 e. The number of pyridine rings is 1. The lowest BCUT2D eigenvalue weighted by atomic mass is 10.2. The van der Waals surface area contributed by atoms with Crippen molar-refractivity contribution in [2.45, 2.75) is 19.4 Å². The van der Waals surface area contributed by atoms with Crippen LogP contribution in [0, 0.1) is 0 Å². The Labute approximate surface area is 77.2 Å². The minimum absolute atomic E-state index is 0.171. The summed E-state index contributed by atoms with van der Waals surface area (Å²) in [6.07, 6.45) is 4.85. The van der Waals surface area contributed by atoms with E-state index in [0.717, 1.165) is 17.8 Å². The molecule has 2 heterocycles. The van der Waals surface area contributed by atoms with Crippen LogP contribution in [0.2, 0.25) is 0 Å². The molecule has 0 saturated heterocycles. The van der Waals surface area contributed by atoms with Crippen LogP contribution in [0.1, 0.15) is 12.6 Å². The summed E-state index contributed by atoms with van der Waals surface area (Å²) in [6.45, 7) is 1.99. The first kappa shape index (κ1) is 8.26. The van der Waals surface area contributed by atoms with Crippen molar-refractivity contribution in [1.29, 1.82) is 0 Å². The van der Waals surface area contributed by atoms with Crippen molar-refractivity contribution >= 4 is 5.65 Å². The smallest absolute Gasteiger partial charge is 0.136 e. The molecular weight excluding hydrogens is 162 g/mol. The lowest BCUT2D eigenvalue weighted by Crippen LogP contribution is -2.17. The number of nitrogens with zero attached hydrogens (tertiary/aromatic N) is 2. The van der Waals surface area contributed by atoms with Gasteiger partial charge in [0.15, 0.2) is 0 Å². The molecule has 13 heavy (non-hydrogen) atoms. The molecule has 68 valence electrons. The summed E-state index contributed by atoms with van der Waals surface area (Å²) in [4.78, 5) is 4.44. The van der Waals surface area contributed by atoms with Crippen LogP contribution in [-0.2, 0) is 6.42 Å². The average Bonchev–Trinajstić information content (AvgIpc) is 2.44. The van der Waals surface area contributed by atoms with Crippen LogP contribution < -0.4 is 5.73 Å². The Bertz CT molecular complexity index is 370. The molecule has 0 radical (unpaired) electrons. The molecule has 2 aromatic heterocycles. The van der Waals surface area contributed by atoms with Crippen LogP contribution in [0.15, 0.2) is 30.6 Å². The van der Waals surface area contributed by atoms with Crippen molar-refractivity contribution in [3.8, 4) is 0 Å². The topological polar surface area (TPSA) is 43.3 Å². The van der Waals surface area contributed by atoms with E-state index in [9.17, 15) is 0 Å². The van der Waals surface area contributed by atoms with Gasteiger partial charge in [-0.25, -0.2) is 4.98 Å². The molecule has 1 atom stereocenters. The van der Waals surface area contributed by atoms with Gasteiger partial charge in [0.05, 0.1) is 5.69 Å². The van der Waals surface area contributed by atoms with E-state index in [1.165, 1.54) is 0 Å². The molecule has 0 aliphatic heterocycles. The highest BCUT2D eigenvalue weighted by molar-refractivity contribution is 5.39. The average molecular weight is 175 g/mol. The zero-order valence-corrected chi connectivity index (χ0v) is 7.64. The third kappa shape index (κ3) is 1.70. The van der Waals surface area contributed by atoms with E-state index in [1.54, 1.807) is 0 Å². The quantitative estimate of drug-likeness (QED) is 0.745. The molecule has 2 N–H and O–H groups in total. The molecule has 3 nitrogen and oxygen atoms in total. The van der Waals surface area contributed by atoms with E-state index in [1.807, 2.05) is 41.9 Å². The van der Waals surface area contributed by atoms with Gasteiger partial charge in [0, 0.05) is 24.9 Å². The summed E-state index contributed by atoms with van der Waals surface area (Å²) in [5.41, 5.74) is 7.74. The Kier molecular flexibility index (Phi) is 2.02. The number of aromatic nitrogens is 2. The maximum atomic E-state index is 5.70. The van der Waals surface area contributed by atoms with Gasteiger partial charge in [0.1, 0.15) is 5.65 Å². The summed E-state index contributed by atoms with van der Waals surface area (Å²) >= 11 is 0. The molecule has 0 spiro atoms. The Balaban J connectivity index is 2.38. The maximum Gasteiger partial charge on any atom is 0.136 e. The lowest BCUT2D eigenvalue weighted by molar-refractivity contribution is 0.726. The van der Waals surface area contributed by atoms with Gasteiger partial charge in [-0.05, 0) is 19.1 Å². The first-order chi connectivity index (χ1) is 6.25. The molecule has 0 aromatic carbocycles. The molecule has 0 amide bonds. The first-order valence-corrected chi connectivity index (χ1v) is 4.44. The van der Waals surface area contributed by atoms with Gasteiger partial charge in [-0.1, -0.05) is 6.07 Å². The summed E-state index contributed by atoms with van der Waals surface area (Å²) in [6, 6.07) is 6.14. The van der Waals surface area contributed by atoms with E-state index >= 15 is 0 Å². The van der Waals surface area contributed by atoms with Crippen LogP contribution in [0.25, 0.3) is 5.65 Å². The van der Waals surface area contributed by atoms with E-state index in [2.05, 4.69) is 4.98 Å². The second-order valence-electron chi connectivity index (χ2n) is 3.38. The fourth-order valence-corrected chi connectivity index (χ4v) is 1.42. The Morgan fingerprint density at radius 1 is 1.54 bits per heavy atom. The van der Waals surface area contributed by atoms with Crippen molar-refractivity contribution < 1.29 is 0 Å². The minimum atomic E-state index is 0.171. The highest BCUT2D eigenvalue weighted by Crippen LogP contribution is 2.05. The van der Waals surface area contributed by atoms with Gasteiger partial charge in [0.25, 0.3) is 0 Å². The van der Waals surface area contributed by atoms with Crippen LogP contribution >= 0.6 is 0 Å². The van der Waals surface area contributed by atoms with E-state index in [0.29, 0.717) is 0 Å². The fraction of sp³-hybridized carbons (Fsp3) is 0.300. The third-order valence-corrected chi connectivity index (χ3v) is 1.94. The van der Waals surface area contributed by atoms with Gasteiger partial charge >= 0.3 is 0 Å². The third-order valence-electron chi connectivity index (χ3n) is 1.94. The lowest BCUT2D eigenvalue weighted by Gasteiger charge is -1.98. The van der Waals surface area contributed by atoms with Crippen LogP contribution in [0.4, 0.5) is 0 Å². The van der Waals surface area contributed by atoms with Crippen molar-refractivity contribution in [2.75, 3.05) is 0 Å². The van der Waals surface area contributed by atoms with E-state index in [-0.39, 0.29) is 6.04 Å². The molecule has 3 heteroatoms. The number of fused-ring (bicyclic) bond motifs is 1. The fourth-order valence-electron chi connectivity index (χ4n) is 1.42. The molecule has 0 aliphatic carbocycles. The number of imidazole rings is 1. The Morgan fingerprint density at radius 2 is 2.38 bits per heavy atom. The number of rotatable bonds is 2. The van der Waals surface area contributed by atoms with Gasteiger partial charge in [-0.15, -0.1) is 0 Å². The second kappa shape index (κ2) is 3.18. The molecule has 0 fully saturated rings. The molecule has 2 aromatic rings. The number of hydrogen-bond donors (Lipinski definition) is 1. The SMILES string of the molecule is C[C@@H](N)Cc1cn2ccccc2n1. The highest BCUT2D eigenvalue weighted by atomic mass is 15.0. The van der Waals surface area contributed by atoms with Crippen LogP contribution in [-0.4, -0.2) is 15.4 Å². The zero-order valence-electron chi connectivity index (χ0n) is 7.64. The van der Waals surface area contributed by atoms with Crippen molar-refractivity contribution in [3.63, 3.8) is 0 Å². The zero-order chi connectivity index (χ0) is 9.26.